The van der Waals surface area contributed by atoms with Gasteiger partial charge in [-0.05, 0) is 29.8 Å². The standard InChI is InChI=1S/C15H11F3O4/c16-15(17,18)11-3-1-2-4-13(11)22-8-9-5-6-10(14(20)21)12(19)7-9/h1-7,19H,8H2,(H,20,21). The molecular weight excluding hydrogens is 301 g/mol. The average Bonchev–Trinajstić information content (AvgIpc) is 2.44. The molecule has 0 spiro atoms. The van der Waals surface area contributed by atoms with Crippen LogP contribution < -0.4 is 4.74 Å². The first kappa shape index (κ1) is 15.7. The van der Waals surface area contributed by atoms with Crippen LogP contribution in [0.3, 0.4) is 0 Å². The molecule has 0 saturated carbocycles. The second-order valence-corrected chi connectivity index (χ2v) is 4.44. The molecule has 0 unspecified atom stereocenters. The lowest BCUT2D eigenvalue weighted by Crippen LogP contribution is -2.08. The second kappa shape index (κ2) is 5.97. The van der Waals surface area contributed by atoms with E-state index in [0.29, 0.717) is 5.56 Å². The van der Waals surface area contributed by atoms with Gasteiger partial charge in [0.25, 0.3) is 0 Å². The zero-order valence-electron chi connectivity index (χ0n) is 11.1. The average molecular weight is 312 g/mol. The van der Waals surface area contributed by atoms with Crippen LogP contribution in [0.2, 0.25) is 0 Å². The van der Waals surface area contributed by atoms with Crippen LogP contribution in [0, 0.1) is 0 Å². The molecule has 2 N–H and O–H groups in total. The third-order valence-electron chi connectivity index (χ3n) is 2.88. The van der Waals surface area contributed by atoms with Crippen molar-refractivity contribution in [2.45, 2.75) is 12.8 Å². The maximum absolute atomic E-state index is 12.8. The molecule has 22 heavy (non-hydrogen) atoms. The Morgan fingerprint density at radius 3 is 2.41 bits per heavy atom. The van der Waals surface area contributed by atoms with Crippen LogP contribution in [-0.2, 0) is 12.8 Å². The molecular formula is C15H11F3O4. The number of carbonyl (C=O) groups is 1. The van der Waals surface area contributed by atoms with Crippen LogP contribution in [0.25, 0.3) is 0 Å². The number of carboxylic acid groups (broad SMARTS) is 1. The molecule has 116 valence electrons. The van der Waals surface area contributed by atoms with Crippen molar-refractivity contribution >= 4 is 5.97 Å². The van der Waals surface area contributed by atoms with E-state index >= 15 is 0 Å². The topological polar surface area (TPSA) is 66.8 Å². The van der Waals surface area contributed by atoms with Crippen molar-refractivity contribution in [3.8, 4) is 11.5 Å². The second-order valence-electron chi connectivity index (χ2n) is 4.44. The Labute approximate surface area is 123 Å². The Bertz CT molecular complexity index is 695. The van der Waals surface area contributed by atoms with E-state index in [1.54, 1.807) is 0 Å². The number of aromatic carboxylic acids is 1. The SMILES string of the molecule is O=C(O)c1ccc(COc2ccccc2C(F)(F)F)cc1O. The highest BCUT2D eigenvalue weighted by molar-refractivity contribution is 5.90. The fraction of sp³-hybridized carbons (Fsp3) is 0.133. The molecule has 7 heteroatoms. The fourth-order valence-corrected chi connectivity index (χ4v) is 1.84. The molecule has 0 heterocycles. The van der Waals surface area contributed by atoms with Crippen LogP contribution in [0.15, 0.2) is 42.5 Å². The van der Waals surface area contributed by atoms with Gasteiger partial charge < -0.3 is 14.9 Å². The molecule has 2 aromatic carbocycles. The molecule has 2 rings (SSSR count). The predicted octanol–water partition coefficient (Wildman–Crippen LogP) is 3.69. The van der Waals surface area contributed by atoms with E-state index in [-0.39, 0.29) is 17.9 Å². The Hall–Kier alpha value is -2.70. The highest BCUT2D eigenvalue weighted by Gasteiger charge is 2.33. The van der Waals surface area contributed by atoms with Crippen LogP contribution in [-0.4, -0.2) is 16.2 Å². The van der Waals surface area contributed by atoms with Crippen molar-refractivity contribution in [3.05, 3.63) is 59.2 Å². The minimum absolute atomic E-state index is 0.236. The number of hydrogen-bond acceptors (Lipinski definition) is 3. The van der Waals surface area contributed by atoms with E-state index < -0.39 is 23.5 Å². The van der Waals surface area contributed by atoms with E-state index in [1.165, 1.54) is 24.3 Å². The highest BCUT2D eigenvalue weighted by Crippen LogP contribution is 2.36. The fourth-order valence-electron chi connectivity index (χ4n) is 1.84. The van der Waals surface area contributed by atoms with Crippen molar-refractivity contribution in [2.75, 3.05) is 0 Å². The van der Waals surface area contributed by atoms with Crippen molar-refractivity contribution in [1.29, 1.82) is 0 Å². The number of aromatic hydroxyl groups is 1. The molecule has 2 aromatic rings. The van der Waals surface area contributed by atoms with Crippen molar-refractivity contribution in [3.63, 3.8) is 0 Å². The van der Waals surface area contributed by atoms with Gasteiger partial charge in [0.05, 0.1) is 5.56 Å². The summed E-state index contributed by atoms with van der Waals surface area (Å²) in [5, 5.41) is 18.3. The first-order valence-electron chi connectivity index (χ1n) is 6.13. The number of para-hydroxylation sites is 1. The molecule has 0 aliphatic rings. The van der Waals surface area contributed by atoms with Crippen LogP contribution >= 0.6 is 0 Å². The van der Waals surface area contributed by atoms with Gasteiger partial charge in [-0.3, -0.25) is 0 Å². The van der Waals surface area contributed by atoms with Gasteiger partial charge in [0, 0.05) is 0 Å². The van der Waals surface area contributed by atoms with Crippen LogP contribution in [0.5, 0.6) is 11.5 Å². The highest BCUT2D eigenvalue weighted by atomic mass is 19.4. The molecule has 0 fully saturated rings. The molecule has 0 radical (unpaired) electrons. The smallest absolute Gasteiger partial charge is 0.419 e. The minimum Gasteiger partial charge on any atom is -0.507 e. The summed E-state index contributed by atoms with van der Waals surface area (Å²) in [4.78, 5) is 10.8. The Kier molecular flexibility index (Phi) is 4.25. The van der Waals surface area contributed by atoms with Crippen molar-refractivity contribution < 1.29 is 32.9 Å². The number of carboxylic acids is 1. The van der Waals surface area contributed by atoms with Gasteiger partial charge in [0.1, 0.15) is 23.7 Å². The first-order chi connectivity index (χ1) is 10.3. The van der Waals surface area contributed by atoms with E-state index in [0.717, 1.165) is 18.2 Å². The molecule has 0 amide bonds. The lowest BCUT2D eigenvalue weighted by molar-refractivity contribution is -0.139. The van der Waals surface area contributed by atoms with E-state index in [1.807, 2.05) is 0 Å². The Morgan fingerprint density at radius 1 is 1.14 bits per heavy atom. The number of ether oxygens (including phenoxy) is 1. The Morgan fingerprint density at radius 2 is 1.82 bits per heavy atom. The van der Waals surface area contributed by atoms with E-state index in [9.17, 15) is 23.1 Å². The predicted molar refractivity (Wildman–Crippen MR) is 70.8 cm³/mol. The summed E-state index contributed by atoms with van der Waals surface area (Å²) in [6.45, 7) is -0.236. The van der Waals surface area contributed by atoms with Crippen molar-refractivity contribution in [1.82, 2.24) is 0 Å². The van der Waals surface area contributed by atoms with Gasteiger partial charge in [-0.1, -0.05) is 18.2 Å². The summed E-state index contributed by atoms with van der Waals surface area (Å²) in [7, 11) is 0. The quantitative estimate of drug-likeness (QED) is 0.903. The number of benzene rings is 2. The molecule has 4 nitrogen and oxygen atoms in total. The van der Waals surface area contributed by atoms with Gasteiger partial charge in [0.15, 0.2) is 0 Å². The summed E-state index contributed by atoms with van der Waals surface area (Å²) in [6.07, 6.45) is -4.54. The van der Waals surface area contributed by atoms with Gasteiger partial charge in [-0.25, -0.2) is 4.79 Å². The third kappa shape index (κ3) is 3.49. The maximum Gasteiger partial charge on any atom is 0.419 e. The lowest BCUT2D eigenvalue weighted by Gasteiger charge is -2.14. The Balaban J connectivity index is 2.18. The van der Waals surface area contributed by atoms with Crippen molar-refractivity contribution in [2.24, 2.45) is 0 Å². The van der Waals surface area contributed by atoms with E-state index in [2.05, 4.69) is 0 Å². The molecule has 0 aliphatic heterocycles. The lowest BCUT2D eigenvalue weighted by atomic mass is 10.1. The first-order valence-corrected chi connectivity index (χ1v) is 6.13. The summed E-state index contributed by atoms with van der Waals surface area (Å²) < 4.78 is 43.5. The molecule has 0 atom stereocenters. The molecule has 0 aromatic heterocycles. The van der Waals surface area contributed by atoms with Crippen LogP contribution in [0.1, 0.15) is 21.5 Å². The number of hydrogen-bond donors (Lipinski definition) is 2. The number of phenols is 1. The molecule has 0 bridgehead atoms. The summed E-state index contributed by atoms with van der Waals surface area (Å²) >= 11 is 0. The van der Waals surface area contributed by atoms with E-state index in [4.69, 9.17) is 9.84 Å². The summed E-state index contributed by atoms with van der Waals surface area (Å²) in [6, 6.07) is 8.42. The normalized spacial score (nSPS) is 11.2. The van der Waals surface area contributed by atoms with Crippen LogP contribution in [0.4, 0.5) is 13.2 Å². The van der Waals surface area contributed by atoms with Gasteiger partial charge >= 0.3 is 12.1 Å². The largest absolute Gasteiger partial charge is 0.507 e. The maximum atomic E-state index is 12.8. The number of alkyl halides is 3. The molecule has 0 saturated heterocycles. The summed E-state index contributed by atoms with van der Waals surface area (Å²) in [5.41, 5.74) is -0.847. The summed E-state index contributed by atoms with van der Waals surface area (Å²) in [5.74, 6) is -2.11. The van der Waals surface area contributed by atoms with Gasteiger partial charge in [0.2, 0.25) is 0 Å². The van der Waals surface area contributed by atoms with Gasteiger partial charge in [-0.2, -0.15) is 13.2 Å². The molecule has 0 aliphatic carbocycles. The van der Waals surface area contributed by atoms with Gasteiger partial charge in [-0.15, -0.1) is 0 Å². The monoisotopic (exact) mass is 312 g/mol. The zero-order chi connectivity index (χ0) is 16.3. The zero-order valence-corrected chi connectivity index (χ0v) is 11.1. The number of halogens is 3. The third-order valence-corrected chi connectivity index (χ3v) is 2.88. The minimum atomic E-state index is -4.54. The number of rotatable bonds is 4.